The Bertz CT molecular complexity index is 611. The molecule has 1 aromatic rings. The Kier molecular flexibility index (Phi) is 4.55. The first-order valence-electron chi connectivity index (χ1n) is 5.73. The molecule has 2 heterocycles. The maximum absolute atomic E-state index is 11.6. The zero-order valence-electron chi connectivity index (χ0n) is 10.1. The van der Waals surface area contributed by atoms with Crippen LogP contribution in [0.2, 0.25) is 0 Å². The van der Waals surface area contributed by atoms with Crippen LogP contribution < -0.4 is 11.2 Å². The van der Waals surface area contributed by atoms with Crippen LogP contribution in [0.1, 0.15) is 6.23 Å². The van der Waals surface area contributed by atoms with E-state index in [-0.39, 0.29) is 0 Å². The lowest BCUT2D eigenvalue weighted by atomic mass is 10.1. The Morgan fingerprint density at radius 1 is 1.40 bits per heavy atom. The highest BCUT2D eigenvalue weighted by molar-refractivity contribution is 9.11. The van der Waals surface area contributed by atoms with Gasteiger partial charge >= 0.3 is 5.69 Å². The van der Waals surface area contributed by atoms with Gasteiger partial charge in [-0.2, -0.15) is 0 Å². The van der Waals surface area contributed by atoms with Crippen LogP contribution in [0.4, 0.5) is 0 Å². The van der Waals surface area contributed by atoms with Crippen LogP contribution in [0.15, 0.2) is 32.9 Å². The molecule has 0 aromatic carbocycles. The van der Waals surface area contributed by atoms with Crippen molar-refractivity contribution in [2.75, 3.05) is 0 Å². The lowest BCUT2D eigenvalue weighted by Crippen LogP contribution is -2.38. The number of nitrogens with one attached hydrogen (secondary N) is 1. The monoisotopic (exact) mass is 348 g/mol. The molecule has 2 rings (SSSR count). The van der Waals surface area contributed by atoms with E-state index in [0.29, 0.717) is 0 Å². The van der Waals surface area contributed by atoms with Gasteiger partial charge in [-0.1, -0.05) is 15.9 Å². The van der Waals surface area contributed by atoms with Gasteiger partial charge in [-0.3, -0.25) is 14.3 Å². The molecular formula is C11H13BrN2O6. The SMILES string of the molecule is O=c1ccn(C2O[C@H](C(O)/C=C/Br)[C@@H](O)[C@@H]2O)c(=O)[nH]1. The normalized spacial score (nSPS) is 31.8. The molecule has 110 valence electrons. The molecule has 0 radical (unpaired) electrons. The number of hydrogen-bond donors (Lipinski definition) is 4. The predicted octanol–water partition coefficient (Wildman–Crippen LogP) is -1.57. The molecule has 0 bridgehead atoms. The van der Waals surface area contributed by atoms with E-state index in [1.165, 1.54) is 11.1 Å². The van der Waals surface area contributed by atoms with Crippen molar-refractivity contribution < 1.29 is 20.1 Å². The smallest absolute Gasteiger partial charge is 0.330 e. The van der Waals surface area contributed by atoms with Crippen molar-refractivity contribution in [3.05, 3.63) is 44.2 Å². The fourth-order valence-corrected chi connectivity index (χ4v) is 2.32. The summed E-state index contributed by atoms with van der Waals surface area (Å²) in [5, 5.41) is 29.5. The molecule has 8 nitrogen and oxygen atoms in total. The standard InChI is InChI=1S/C11H13BrN2O6/c12-3-1-5(15)9-7(17)8(18)10(20-9)14-4-2-6(16)13-11(14)19/h1-5,7-10,15,17-18H,(H,13,16,19)/b3-1+/t5?,7-,8-,9+,10?/m0/s1. The summed E-state index contributed by atoms with van der Waals surface area (Å²) in [7, 11) is 0. The summed E-state index contributed by atoms with van der Waals surface area (Å²) >= 11 is 2.98. The molecule has 0 amide bonds. The summed E-state index contributed by atoms with van der Waals surface area (Å²) in [4.78, 5) is 26.0. The molecule has 5 atom stereocenters. The number of rotatable bonds is 3. The van der Waals surface area contributed by atoms with Crippen LogP contribution in [0, 0.1) is 0 Å². The van der Waals surface area contributed by atoms with Crippen LogP contribution in [0.5, 0.6) is 0 Å². The van der Waals surface area contributed by atoms with Gasteiger partial charge in [0.15, 0.2) is 6.23 Å². The average Bonchev–Trinajstić information content (AvgIpc) is 2.67. The molecule has 0 aliphatic carbocycles. The molecule has 9 heteroatoms. The third-order valence-corrected chi connectivity index (χ3v) is 3.31. The lowest BCUT2D eigenvalue weighted by Gasteiger charge is -2.18. The summed E-state index contributed by atoms with van der Waals surface area (Å²) in [5.41, 5.74) is -1.36. The number of H-pyrrole nitrogens is 1. The summed E-state index contributed by atoms with van der Waals surface area (Å²) in [5.74, 6) is 0. The van der Waals surface area contributed by atoms with Crippen molar-refractivity contribution in [1.29, 1.82) is 0 Å². The molecule has 1 aromatic heterocycles. The molecule has 4 N–H and O–H groups in total. The summed E-state index contributed by atoms with van der Waals surface area (Å²) in [6, 6.07) is 1.09. The lowest BCUT2D eigenvalue weighted by molar-refractivity contribution is -0.0727. The number of hydrogen-bond acceptors (Lipinski definition) is 6. The van der Waals surface area contributed by atoms with Gasteiger partial charge in [0.05, 0.1) is 0 Å². The minimum atomic E-state index is -1.41. The summed E-state index contributed by atoms with van der Waals surface area (Å²) in [6.07, 6.45) is -3.78. The Hall–Kier alpha value is -1.26. The van der Waals surface area contributed by atoms with Crippen molar-refractivity contribution in [2.24, 2.45) is 0 Å². The Labute approximate surface area is 121 Å². The molecule has 1 aliphatic rings. The second-order valence-corrected chi connectivity index (χ2v) is 4.83. The number of ether oxygens (including phenoxy) is 1. The number of halogens is 1. The molecular weight excluding hydrogens is 336 g/mol. The highest BCUT2D eigenvalue weighted by Gasteiger charge is 2.46. The van der Waals surface area contributed by atoms with Crippen LogP contribution in [-0.4, -0.2) is 49.3 Å². The van der Waals surface area contributed by atoms with Gasteiger partial charge in [-0.15, -0.1) is 0 Å². The first kappa shape index (κ1) is 15.1. The van der Waals surface area contributed by atoms with E-state index in [1.807, 2.05) is 4.98 Å². The molecule has 1 aliphatic heterocycles. The topological polar surface area (TPSA) is 125 Å². The van der Waals surface area contributed by atoms with Crippen LogP contribution in [0.3, 0.4) is 0 Å². The summed E-state index contributed by atoms with van der Waals surface area (Å²) < 4.78 is 6.27. The van der Waals surface area contributed by atoms with Crippen LogP contribution in [0.25, 0.3) is 0 Å². The Morgan fingerprint density at radius 3 is 2.70 bits per heavy atom. The predicted molar refractivity (Wildman–Crippen MR) is 71.3 cm³/mol. The maximum atomic E-state index is 11.6. The van der Waals surface area contributed by atoms with Crippen LogP contribution in [-0.2, 0) is 4.74 Å². The van der Waals surface area contributed by atoms with E-state index in [4.69, 9.17) is 4.74 Å². The number of aromatic nitrogens is 2. The van der Waals surface area contributed by atoms with E-state index in [2.05, 4.69) is 15.9 Å². The quantitative estimate of drug-likeness (QED) is 0.522. The van der Waals surface area contributed by atoms with Gasteiger partial charge in [0.1, 0.15) is 24.4 Å². The number of aromatic amines is 1. The van der Waals surface area contributed by atoms with E-state index in [0.717, 1.165) is 16.8 Å². The van der Waals surface area contributed by atoms with Gasteiger partial charge in [0.2, 0.25) is 0 Å². The molecule has 20 heavy (non-hydrogen) atoms. The Morgan fingerprint density at radius 2 is 2.10 bits per heavy atom. The third kappa shape index (κ3) is 2.76. The van der Waals surface area contributed by atoms with Gasteiger partial charge in [-0.05, 0) is 11.1 Å². The zero-order chi connectivity index (χ0) is 14.9. The molecule has 2 unspecified atom stereocenters. The number of aliphatic hydroxyl groups is 3. The molecule has 0 spiro atoms. The highest BCUT2D eigenvalue weighted by Crippen LogP contribution is 2.30. The fourth-order valence-electron chi connectivity index (χ4n) is 2.01. The zero-order valence-corrected chi connectivity index (χ0v) is 11.7. The highest BCUT2D eigenvalue weighted by atomic mass is 79.9. The van der Waals surface area contributed by atoms with E-state index in [9.17, 15) is 24.9 Å². The minimum Gasteiger partial charge on any atom is -0.387 e. The van der Waals surface area contributed by atoms with Crippen molar-refractivity contribution in [1.82, 2.24) is 9.55 Å². The van der Waals surface area contributed by atoms with E-state index >= 15 is 0 Å². The molecule has 1 fully saturated rings. The number of aliphatic hydroxyl groups excluding tert-OH is 3. The van der Waals surface area contributed by atoms with Crippen molar-refractivity contribution in [2.45, 2.75) is 30.6 Å². The van der Waals surface area contributed by atoms with Crippen molar-refractivity contribution in [3.63, 3.8) is 0 Å². The number of nitrogens with zero attached hydrogens (tertiary/aromatic N) is 1. The van der Waals surface area contributed by atoms with Gasteiger partial charge in [0, 0.05) is 12.3 Å². The van der Waals surface area contributed by atoms with Crippen molar-refractivity contribution >= 4 is 15.9 Å². The first-order valence-corrected chi connectivity index (χ1v) is 6.65. The Balaban J connectivity index is 2.30. The second kappa shape index (κ2) is 6.02. The van der Waals surface area contributed by atoms with E-state index < -0.39 is 41.9 Å². The summed E-state index contributed by atoms with van der Waals surface area (Å²) in [6.45, 7) is 0. The molecule has 0 saturated carbocycles. The maximum Gasteiger partial charge on any atom is 0.330 e. The second-order valence-electron chi connectivity index (χ2n) is 4.30. The van der Waals surface area contributed by atoms with Crippen LogP contribution >= 0.6 is 15.9 Å². The minimum absolute atomic E-state index is 0.585. The molecule has 1 saturated heterocycles. The average molecular weight is 349 g/mol. The van der Waals surface area contributed by atoms with Gasteiger partial charge in [0.25, 0.3) is 5.56 Å². The van der Waals surface area contributed by atoms with E-state index in [1.54, 1.807) is 0 Å². The van der Waals surface area contributed by atoms with Gasteiger partial charge in [-0.25, -0.2) is 4.79 Å². The third-order valence-electron chi connectivity index (χ3n) is 3.01. The van der Waals surface area contributed by atoms with Crippen molar-refractivity contribution in [3.8, 4) is 0 Å². The largest absolute Gasteiger partial charge is 0.387 e. The fraction of sp³-hybridized carbons (Fsp3) is 0.455. The van der Waals surface area contributed by atoms with Gasteiger partial charge < -0.3 is 20.1 Å². The first-order chi connectivity index (χ1) is 9.45.